The zero-order valence-electron chi connectivity index (χ0n) is 23.8. The fourth-order valence-electron chi connectivity index (χ4n) is 7.24. The lowest BCUT2D eigenvalue weighted by atomic mass is 9.71. The van der Waals surface area contributed by atoms with Crippen molar-refractivity contribution < 1.29 is 0 Å². The van der Waals surface area contributed by atoms with Crippen molar-refractivity contribution in [1.82, 2.24) is 0 Å². The SMILES string of the molecule is C.C.C.C.C.CCC1CCC(CC)C(CC)C1.CCC1CCC(CC)CC1.CCC1CCCCC1CC. The number of rotatable bonds is 7. The van der Waals surface area contributed by atoms with Gasteiger partial charge in [-0.15, -0.1) is 0 Å². The largest absolute Gasteiger partial charge is 0.0776 e. The van der Waals surface area contributed by atoms with Crippen molar-refractivity contribution in [2.75, 3.05) is 0 Å². The van der Waals surface area contributed by atoms with Crippen LogP contribution in [0.3, 0.4) is 0 Å². The van der Waals surface area contributed by atoms with Crippen molar-refractivity contribution in [2.45, 2.75) is 201 Å². The van der Waals surface area contributed by atoms with Gasteiger partial charge in [-0.25, -0.2) is 0 Å². The van der Waals surface area contributed by atoms with E-state index in [1.165, 1.54) is 116 Å². The lowest BCUT2D eigenvalue weighted by molar-refractivity contribution is 0.167. The molecule has 3 aliphatic rings. The molecule has 37 heavy (non-hydrogen) atoms. The van der Waals surface area contributed by atoms with Crippen molar-refractivity contribution in [3.63, 3.8) is 0 Å². The first-order valence-electron chi connectivity index (χ1n) is 15.6. The minimum absolute atomic E-state index is 0. The van der Waals surface area contributed by atoms with Gasteiger partial charge in [0.1, 0.15) is 0 Å². The molecule has 0 aliphatic heterocycles. The van der Waals surface area contributed by atoms with Crippen LogP contribution in [-0.4, -0.2) is 0 Å². The molecule has 0 heterocycles. The quantitative estimate of drug-likeness (QED) is 0.308. The number of hydrogen-bond donors (Lipinski definition) is 0. The topological polar surface area (TPSA) is 0 Å². The smallest absolute Gasteiger partial charge is 0.0386 e. The van der Waals surface area contributed by atoms with Gasteiger partial charge in [-0.3, -0.25) is 0 Å². The standard InChI is InChI=1S/C12H24.2C10H20.5CH4/c1-4-10-7-8-11(5-2)12(6-3)9-10;1-3-9-5-7-10(4-2)8-6-9;1-3-9-7-5-6-8-10(9)4-2;;;;;/h10-12H,4-9H2,1-3H3;2*9-10H,3-8H2,1-2H3;5*1H4. The maximum Gasteiger partial charge on any atom is -0.0386 e. The fourth-order valence-corrected chi connectivity index (χ4v) is 7.24. The van der Waals surface area contributed by atoms with E-state index in [2.05, 4.69) is 48.5 Å². The summed E-state index contributed by atoms with van der Waals surface area (Å²) in [5, 5.41) is 0. The second-order valence-corrected chi connectivity index (χ2v) is 11.7. The van der Waals surface area contributed by atoms with Crippen molar-refractivity contribution in [2.24, 2.45) is 41.4 Å². The van der Waals surface area contributed by atoms with E-state index in [4.69, 9.17) is 0 Å². The molecule has 0 aromatic carbocycles. The summed E-state index contributed by atoms with van der Waals surface area (Å²) in [4.78, 5) is 0. The summed E-state index contributed by atoms with van der Waals surface area (Å²) in [5.74, 6) is 7.44. The minimum atomic E-state index is 0. The normalized spacial score (nSPS) is 30.4. The van der Waals surface area contributed by atoms with Crippen molar-refractivity contribution >= 4 is 0 Å². The third-order valence-electron chi connectivity index (χ3n) is 10.1. The molecule has 0 saturated heterocycles. The van der Waals surface area contributed by atoms with Crippen LogP contribution < -0.4 is 0 Å². The molecule has 0 amide bonds. The van der Waals surface area contributed by atoms with E-state index < -0.39 is 0 Å². The molecule has 0 nitrogen and oxygen atoms in total. The van der Waals surface area contributed by atoms with Crippen LogP contribution >= 0.6 is 0 Å². The monoisotopic (exact) mass is 529 g/mol. The van der Waals surface area contributed by atoms with Crippen LogP contribution in [0.4, 0.5) is 0 Å². The molecular formula is C37H84. The highest BCUT2D eigenvalue weighted by molar-refractivity contribution is 4.78. The van der Waals surface area contributed by atoms with Crippen LogP contribution in [0.5, 0.6) is 0 Å². The Balaban J connectivity index is -0.000000130. The maximum absolute atomic E-state index is 2.37. The van der Waals surface area contributed by atoms with E-state index in [1.807, 2.05) is 0 Å². The Hall–Kier alpha value is 0. The molecule has 0 N–H and O–H groups in total. The molecule has 0 aromatic rings. The Kier molecular flexibility index (Phi) is 36.7. The van der Waals surface area contributed by atoms with Gasteiger partial charge in [0.15, 0.2) is 0 Å². The van der Waals surface area contributed by atoms with E-state index in [1.54, 1.807) is 0 Å². The summed E-state index contributed by atoms with van der Waals surface area (Å²) >= 11 is 0. The van der Waals surface area contributed by atoms with Gasteiger partial charge < -0.3 is 0 Å². The van der Waals surface area contributed by atoms with Crippen LogP contribution in [-0.2, 0) is 0 Å². The van der Waals surface area contributed by atoms with Gasteiger partial charge in [0.25, 0.3) is 0 Å². The van der Waals surface area contributed by atoms with E-state index in [0.29, 0.717) is 0 Å². The molecule has 3 rings (SSSR count). The molecule has 0 heteroatoms. The molecule has 232 valence electrons. The van der Waals surface area contributed by atoms with E-state index in [9.17, 15) is 0 Å². The highest BCUT2D eigenvalue weighted by Crippen LogP contribution is 2.38. The molecule has 3 aliphatic carbocycles. The van der Waals surface area contributed by atoms with Crippen LogP contribution in [0.1, 0.15) is 201 Å². The second kappa shape index (κ2) is 29.0. The van der Waals surface area contributed by atoms with E-state index >= 15 is 0 Å². The Labute approximate surface area is 242 Å². The van der Waals surface area contributed by atoms with Crippen molar-refractivity contribution in [3.8, 4) is 0 Å². The third kappa shape index (κ3) is 18.1. The molecule has 5 unspecified atom stereocenters. The van der Waals surface area contributed by atoms with Crippen LogP contribution in [0.15, 0.2) is 0 Å². The summed E-state index contributed by atoms with van der Waals surface area (Å²) < 4.78 is 0. The van der Waals surface area contributed by atoms with Gasteiger partial charge in [-0.2, -0.15) is 0 Å². The summed E-state index contributed by atoms with van der Waals surface area (Å²) in [7, 11) is 0. The average molecular weight is 529 g/mol. The third-order valence-corrected chi connectivity index (χ3v) is 10.1. The predicted molar refractivity (Wildman–Crippen MR) is 181 cm³/mol. The van der Waals surface area contributed by atoms with Crippen LogP contribution in [0.2, 0.25) is 0 Å². The first kappa shape index (κ1) is 46.8. The first-order valence-corrected chi connectivity index (χ1v) is 15.6. The summed E-state index contributed by atoms with van der Waals surface area (Å²) in [5.41, 5.74) is 0. The maximum atomic E-state index is 2.37. The molecule has 3 fully saturated rings. The predicted octanol–water partition coefficient (Wildman–Crippen LogP) is 14.7. The fraction of sp³-hybridized carbons (Fsp3) is 1.00. The highest BCUT2D eigenvalue weighted by Gasteiger charge is 2.27. The summed E-state index contributed by atoms with van der Waals surface area (Å²) in [6.45, 7) is 16.4. The molecule has 0 radical (unpaired) electrons. The average Bonchev–Trinajstić information content (AvgIpc) is 2.88. The van der Waals surface area contributed by atoms with Gasteiger partial charge in [-0.05, 0) is 54.3 Å². The zero-order valence-corrected chi connectivity index (χ0v) is 23.8. The van der Waals surface area contributed by atoms with Crippen LogP contribution in [0.25, 0.3) is 0 Å². The molecule has 0 aromatic heterocycles. The van der Waals surface area contributed by atoms with Gasteiger partial charge in [0.05, 0.1) is 0 Å². The van der Waals surface area contributed by atoms with Crippen molar-refractivity contribution in [3.05, 3.63) is 0 Å². The Morgan fingerprint density at radius 2 is 0.622 bits per heavy atom. The lowest BCUT2D eigenvalue weighted by Gasteiger charge is -2.35. The van der Waals surface area contributed by atoms with Gasteiger partial charge in [0, 0.05) is 0 Å². The summed E-state index contributed by atoms with van der Waals surface area (Å²) in [6.07, 6.45) is 26.5. The molecular weight excluding hydrogens is 444 g/mol. The van der Waals surface area contributed by atoms with Gasteiger partial charge in [-0.1, -0.05) is 188 Å². The highest BCUT2D eigenvalue weighted by atomic mass is 14.3. The molecule has 0 spiro atoms. The zero-order chi connectivity index (χ0) is 23.8. The summed E-state index contributed by atoms with van der Waals surface area (Å²) in [6, 6.07) is 0. The van der Waals surface area contributed by atoms with Crippen molar-refractivity contribution in [1.29, 1.82) is 0 Å². The lowest BCUT2D eigenvalue weighted by Crippen LogP contribution is -2.23. The van der Waals surface area contributed by atoms with E-state index in [-0.39, 0.29) is 37.1 Å². The molecule has 3 saturated carbocycles. The molecule has 0 bridgehead atoms. The van der Waals surface area contributed by atoms with Gasteiger partial charge >= 0.3 is 0 Å². The van der Waals surface area contributed by atoms with E-state index in [0.717, 1.165) is 41.4 Å². The van der Waals surface area contributed by atoms with Gasteiger partial charge in [0.2, 0.25) is 0 Å². The number of hydrogen-bond acceptors (Lipinski definition) is 0. The Morgan fingerprint density at radius 3 is 0.919 bits per heavy atom. The second-order valence-electron chi connectivity index (χ2n) is 11.7. The Bertz CT molecular complexity index is 380. The minimum Gasteiger partial charge on any atom is -0.0776 e. The first-order chi connectivity index (χ1) is 15.6. The Morgan fingerprint density at radius 1 is 0.324 bits per heavy atom. The molecule has 5 atom stereocenters. The van der Waals surface area contributed by atoms with Crippen LogP contribution in [0, 0.1) is 41.4 Å².